The van der Waals surface area contributed by atoms with Gasteiger partial charge in [0.05, 0.1) is 6.10 Å². The lowest BCUT2D eigenvalue weighted by atomic mass is 10.0. The molecule has 3 nitrogen and oxygen atoms in total. The molecule has 0 amide bonds. The quantitative estimate of drug-likeness (QED) is 0.766. The van der Waals surface area contributed by atoms with Gasteiger partial charge in [0.15, 0.2) is 0 Å². The molecule has 0 aromatic heterocycles. The number of likely N-dealkylation sites (tertiary alicyclic amines) is 1. The molecule has 3 unspecified atom stereocenters. The van der Waals surface area contributed by atoms with Crippen molar-refractivity contribution in [1.82, 2.24) is 10.2 Å². The second-order valence-electron chi connectivity index (χ2n) is 5.35. The minimum absolute atomic E-state index is 0.479. The first-order valence-electron chi connectivity index (χ1n) is 6.84. The van der Waals surface area contributed by atoms with Crippen molar-refractivity contribution in [2.75, 3.05) is 39.3 Å². The van der Waals surface area contributed by atoms with Crippen molar-refractivity contribution in [2.45, 2.75) is 32.8 Å². The van der Waals surface area contributed by atoms with Crippen LogP contribution in [0.2, 0.25) is 0 Å². The smallest absolute Gasteiger partial charge is 0.0588 e. The van der Waals surface area contributed by atoms with E-state index in [-0.39, 0.29) is 0 Å². The van der Waals surface area contributed by atoms with Gasteiger partial charge >= 0.3 is 0 Å². The number of ether oxygens (including phenoxy) is 1. The fourth-order valence-corrected chi connectivity index (χ4v) is 2.94. The van der Waals surface area contributed by atoms with E-state index in [1.165, 1.54) is 39.0 Å². The lowest BCUT2D eigenvalue weighted by Gasteiger charge is -2.22. The maximum Gasteiger partial charge on any atom is 0.0588 e. The SMILES string of the molecule is CCNCC1CCN(CC2CCOC2C)C1. The highest BCUT2D eigenvalue weighted by Crippen LogP contribution is 2.24. The molecular weight excluding hydrogens is 200 g/mol. The highest BCUT2D eigenvalue weighted by atomic mass is 16.5. The summed E-state index contributed by atoms with van der Waals surface area (Å²) in [6.07, 6.45) is 3.11. The lowest BCUT2D eigenvalue weighted by molar-refractivity contribution is 0.0952. The first-order valence-corrected chi connectivity index (χ1v) is 6.84. The van der Waals surface area contributed by atoms with Crippen LogP contribution >= 0.6 is 0 Å². The van der Waals surface area contributed by atoms with Crippen LogP contribution in [-0.2, 0) is 4.74 Å². The first-order chi connectivity index (χ1) is 7.79. The second kappa shape index (κ2) is 5.99. The summed E-state index contributed by atoms with van der Waals surface area (Å²) in [5.74, 6) is 1.65. The Morgan fingerprint density at radius 2 is 2.25 bits per heavy atom. The van der Waals surface area contributed by atoms with Crippen LogP contribution in [0.1, 0.15) is 26.7 Å². The van der Waals surface area contributed by atoms with Crippen LogP contribution in [-0.4, -0.2) is 50.3 Å². The maximum atomic E-state index is 5.63. The summed E-state index contributed by atoms with van der Waals surface area (Å²) in [4.78, 5) is 2.64. The molecule has 2 aliphatic rings. The average molecular weight is 226 g/mol. The van der Waals surface area contributed by atoms with Crippen LogP contribution in [0.4, 0.5) is 0 Å². The van der Waals surface area contributed by atoms with Gasteiger partial charge in [-0.15, -0.1) is 0 Å². The zero-order valence-electron chi connectivity index (χ0n) is 10.7. The summed E-state index contributed by atoms with van der Waals surface area (Å²) in [5, 5.41) is 3.46. The van der Waals surface area contributed by atoms with Gasteiger partial charge in [-0.1, -0.05) is 6.92 Å². The van der Waals surface area contributed by atoms with E-state index >= 15 is 0 Å². The van der Waals surface area contributed by atoms with Crippen LogP contribution in [0.5, 0.6) is 0 Å². The predicted octanol–water partition coefficient (Wildman–Crippen LogP) is 1.34. The minimum Gasteiger partial charge on any atom is -0.378 e. The average Bonchev–Trinajstić information content (AvgIpc) is 2.87. The minimum atomic E-state index is 0.479. The highest BCUT2D eigenvalue weighted by Gasteiger charge is 2.29. The number of nitrogens with one attached hydrogen (secondary N) is 1. The monoisotopic (exact) mass is 226 g/mol. The molecule has 0 aromatic rings. The molecule has 0 aromatic carbocycles. The third-order valence-corrected chi connectivity index (χ3v) is 4.08. The number of hydrogen-bond donors (Lipinski definition) is 1. The Balaban J connectivity index is 1.68. The predicted molar refractivity (Wildman–Crippen MR) is 66.6 cm³/mol. The summed E-state index contributed by atoms with van der Waals surface area (Å²) < 4.78 is 5.63. The van der Waals surface area contributed by atoms with Gasteiger partial charge in [-0.25, -0.2) is 0 Å². The Hall–Kier alpha value is -0.120. The summed E-state index contributed by atoms with van der Waals surface area (Å²) in [6.45, 7) is 11.5. The molecule has 0 radical (unpaired) electrons. The van der Waals surface area contributed by atoms with E-state index in [0.29, 0.717) is 6.10 Å². The van der Waals surface area contributed by atoms with Gasteiger partial charge in [-0.3, -0.25) is 0 Å². The summed E-state index contributed by atoms with van der Waals surface area (Å²) >= 11 is 0. The van der Waals surface area contributed by atoms with E-state index in [1.54, 1.807) is 0 Å². The highest BCUT2D eigenvalue weighted by molar-refractivity contribution is 4.82. The van der Waals surface area contributed by atoms with Crippen LogP contribution in [0.3, 0.4) is 0 Å². The molecule has 0 aliphatic carbocycles. The first kappa shape index (κ1) is 12.3. The van der Waals surface area contributed by atoms with Gasteiger partial charge in [0.1, 0.15) is 0 Å². The van der Waals surface area contributed by atoms with Crippen molar-refractivity contribution in [3.05, 3.63) is 0 Å². The zero-order chi connectivity index (χ0) is 11.4. The molecule has 1 N–H and O–H groups in total. The maximum absolute atomic E-state index is 5.63. The molecule has 2 aliphatic heterocycles. The van der Waals surface area contributed by atoms with Crippen molar-refractivity contribution < 1.29 is 4.74 Å². The van der Waals surface area contributed by atoms with Gasteiger partial charge in [0, 0.05) is 19.7 Å². The van der Waals surface area contributed by atoms with E-state index in [2.05, 4.69) is 24.1 Å². The van der Waals surface area contributed by atoms with Crippen LogP contribution in [0.25, 0.3) is 0 Å². The van der Waals surface area contributed by atoms with Crippen molar-refractivity contribution in [3.63, 3.8) is 0 Å². The lowest BCUT2D eigenvalue weighted by Crippen LogP contribution is -2.32. The zero-order valence-corrected chi connectivity index (χ0v) is 10.7. The Labute approximate surface area is 99.5 Å². The van der Waals surface area contributed by atoms with E-state index in [0.717, 1.165) is 25.0 Å². The number of rotatable bonds is 5. The number of nitrogens with zero attached hydrogens (tertiary/aromatic N) is 1. The molecule has 94 valence electrons. The molecule has 2 heterocycles. The normalized spacial score (nSPS) is 36.0. The van der Waals surface area contributed by atoms with E-state index in [1.807, 2.05) is 0 Å². The molecule has 3 heteroatoms. The van der Waals surface area contributed by atoms with Gasteiger partial charge in [-0.2, -0.15) is 0 Å². The molecule has 0 saturated carbocycles. The largest absolute Gasteiger partial charge is 0.378 e. The van der Waals surface area contributed by atoms with Crippen LogP contribution in [0, 0.1) is 11.8 Å². The van der Waals surface area contributed by atoms with Crippen molar-refractivity contribution in [2.24, 2.45) is 11.8 Å². The Morgan fingerprint density at radius 3 is 2.94 bits per heavy atom. The fraction of sp³-hybridized carbons (Fsp3) is 1.00. The standard InChI is InChI=1S/C13H26N2O/c1-3-14-8-12-4-6-15(9-12)10-13-5-7-16-11(13)2/h11-14H,3-10H2,1-2H3. The third kappa shape index (κ3) is 3.19. The fourth-order valence-electron chi connectivity index (χ4n) is 2.94. The topological polar surface area (TPSA) is 24.5 Å². The molecule has 2 rings (SSSR count). The molecule has 2 fully saturated rings. The van der Waals surface area contributed by atoms with Gasteiger partial charge in [-0.05, 0) is 51.2 Å². The molecule has 3 atom stereocenters. The van der Waals surface area contributed by atoms with Crippen LogP contribution in [0.15, 0.2) is 0 Å². The molecule has 16 heavy (non-hydrogen) atoms. The van der Waals surface area contributed by atoms with E-state index in [4.69, 9.17) is 4.74 Å². The third-order valence-electron chi connectivity index (χ3n) is 4.08. The summed E-state index contributed by atoms with van der Waals surface area (Å²) in [6, 6.07) is 0. The van der Waals surface area contributed by atoms with Gasteiger partial charge in [0.2, 0.25) is 0 Å². The number of hydrogen-bond acceptors (Lipinski definition) is 3. The Kier molecular flexibility index (Phi) is 4.62. The summed E-state index contributed by atoms with van der Waals surface area (Å²) in [7, 11) is 0. The molecule has 0 spiro atoms. The van der Waals surface area contributed by atoms with E-state index in [9.17, 15) is 0 Å². The second-order valence-corrected chi connectivity index (χ2v) is 5.35. The Bertz CT molecular complexity index is 210. The summed E-state index contributed by atoms with van der Waals surface area (Å²) in [5.41, 5.74) is 0. The Morgan fingerprint density at radius 1 is 1.38 bits per heavy atom. The van der Waals surface area contributed by atoms with Crippen molar-refractivity contribution in [3.8, 4) is 0 Å². The van der Waals surface area contributed by atoms with Crippen molar-refractivity contribution in [1.29, 1.82) is 0 Å². The van der Waals surface area contributed by atoms with Gasteiger partial charge < -0.3 is 15.0 Å². The van der Waals surface area contributed by atoms with Gasteiger partial charge in [0.25, 0.3) is 0 Å². The molecule has 0 bridgehead atoms. The van der Waals surface area contributed by atoms with E-state index < -0.39 is 0 Å². The van der Waals surface area contributed by atoms with Crippen molar-refractivity contribution >= 4 is 0 Å². The molecular formula is C13H26N2O. The molecule has 2 saturated heterocycles. The van der Waals surface area contributed by atoms with Crippen LogP contribution < -0.4 is 5.32 Å².